The zero-order valence-electron chi connectivity index (χ0n) is 16.3. The molecule has 0 heterocycles. The number of halogens is 3. The topological polar surface area (TPSA) is 75.8 Å². The fourth-order valence-electron chi connectivity index (χ4n) is 2.04. The Hall–Kier alpha value is -2.52. The van der Waals surface area contributed by atoms with Crippen LogP contribution in [-0.2, 0) is 6.18 Å². The summed E-state index contributed by atoms with van der Waals surface area (Å²) in [6, 6.07) is 5.39. The summed E-state index contributed by atoms with van der Waals surface area (Å²) in [6.45, 7) is 12.7. The third-order valence-electron chi connectivity index (χ3n) is 3.20. The Bertz CT molecular complexity index is 706. The van der Waals surface area contributed by atoms with Crippen molar-refractivity contribution in [1.82, 2.24) is 0 Å². The van der Waals surface area contributed by atoms with Crippen LogP contribution < -0.4 is 11.5 Å². The van der Waals surface area contributed by atoms with Crippen molar-refractivity contribution in [2.24, 2.45) is 11.5 Å². The molecule has 1 aromatic rings. The number of benzene rings is 1. The molecule has 0 spiro atoms. The molecule has 0 saturated heterocycles. The van der Waals surface area contributed by atoms with Gasteiger partial charge in [-0.1, -0.05) is 32.1 Å². The van der Waals surface area contributed by atoms with Gasteiger partial charge in [-0.3, -0.25) is 0 Å². The van der Waals surface area contributed by atoms with E-state index in [0.29, 0.717) is 16.7 Å². The van der Waals surface area contributed by atoms with Crippen LogP contribution >= 0.6 is 0 Å². The summed E-state index contributed by atoms with van der Waals surface area (Å²) in [4.78, 5) is 0. The van der Waals surface area contributed by atoms with Crippen molar-refractivity contribution in [2.75, 3.05) is 7.05 Å². The molecule has 0 bridgehead atoms. The molecule has 0 atom stereocenters. The lowest BCUT2D eigenvalue weighted by Crippen LogP contribution is -2.09. The number of hydrogen-bond donors (Lipinski definition) is 2. The van der Waals surface area contributed by atoms with Gasteiger partial charge in [0.2, 0.25) is 0 Å². The Morgan fingerprint density at radius 1 is 1.12 bits per heavy atom. The lowest BCUT2D eigenvalue weighted by molar-refractivity contribution is -0.137. The van der Waals surface area contributed by atoms with E-state index in [4.69, 9.17) is 11.0 Å². The van der Waals surface area contributed by atoms with Crippen molar-refractivity contribution in [3.05, 3.63) is 58.7 Å². The van der Waals surface area contributed by atoms with Crippen LogP contribution in [0.2, 0.25) is 0 Å². The molecule has 26 heavy (non-hydrogen) atoms. The van der Waals surface area contributed by atoms with Crippen LogP contribution in [0.15, 0.2) is 42.0 Å². The maximum Gasteiger partial charge on any atom is 0.416 e. The van der Waals surface area contributed by atoms with E-state index >= 15 is 0 Å². The molecule has 144 valence electrons. The van der Waals surface area contributed by atoms with Crippen molar-refractivity contribution in [3.8, 4) is 6.07 Å². The maximum absolute atomic E-state index is 13.1. The molecule has 1 rings (SSSR count). The monoisotopic (exact) mass is 367 g/mol. The fraction of sp³-hybridized carbons (Fsp3) is 0.350. The Morgan fingerprint density at radius 3 is 1.92 bits per heavy atom. The van der Waals surface area contributed by atoms with Gasteiger partial charge in [0.1, 0.15) is 0 Å². The van der Waals surface area contributed by atoms with E-state index in [-0.39, 0.29) is 16.8 Å². The molecular formula is C20H28F3N3. The van der Waals surface area contributed by atoms with Crippen LogP contribution in [0.1, 0.15) is 51.3 Å². The normalized spacial score (nSPS) is 11.8. The molecule has 0 radical (unpaired) electrons. The van der Waals surface area contributed by atoms with Crippen molar-refractivity contribution in [1.29, 1.82) is 5.26 Å². The molecule has 3 nitrogen and oxygen atoms in total. The molecule has 0 amide bonds. The number of nitriles is 1. The van der Waals surface area contributed by atoms with Crippen LogP contribution in [0.5, 0.6) is 0 Å². The molecule has 1 aromatic carbocycles. The first kappa shape index (κ1) is 25.7. The first-order valence-electron chi connectivity index (χ1n) is 8.11. The standard InChI is InChI=1S/C17H17F3N2.C2H6.CH5N/c1-5-15(10(2)3)12-6-13(16(22)11(4)9-21)8-14(7-12)17(18,19)20;2*1-2/h5-8H,2,22H2,1,3-4H3;1-2H3;2H2,1H3/b15-5+,16-11+;;. The summed E-state index contributed by atoms with van der Waals surface area (Å²) in [5.41, 5.74) is 11.5. The maximum atomic E-state index is 13.1. The van der Waals surface area contributed by atoms with Gasteiger partial charge in [0, 0.05) is 5.57 Å². The minimum Gasteiger partial charge on any atom is -0.397 e. The summed E-state index contributed by atoms with van der Waals surface area (Å²) in [6.07, 6.45) is -2.81. The second-order valence-corrected chi connectivity index (χ2v) is 4.93. The first-order valence-corrected chi connectivity index (χ1v) is 8.11. The van der Waals surface area contributed by atoms with E-state index in [0.717, 1.165) is 12.1 Å². The average molecular weight is 367 g/mol. The average Bonchev–Trinajstić information content (AvgIpc) is 2.63. The molecule has 4 N–H and O–H groups in total. The Morgan fingerprint density at radius 2 is 1.58 bits per heavy atom. The second kappa shape index (κ2) is 11.9. The highest BCUT2D eigenvalue weighted by Crippen LogP contribution is 2.34. The van der Waals surface area contributed by atoms with Gasteiger partial charge in [-0.2, -0.15) is 18.4 Å². The molecule has 0 aliphatic carbocycles. The van der Waals surface area contributed by atoms with E-state index < -0.39 is 11.7 Å². The largest absolute Gasteiger partial charge is 0.416 e. The van der Waals surface area contributed by atoms with Gasteiger partial charge >= 0.3 is 6.18 Å². The number of hydrogen-bond acceptors (Lipinski definition) is 3. The minimum absolute atomic E-state index is 0.0343. The number of nitrogens with zero attached hydrogens (tertiary/aromatic N) is 1. The van der Waals surface area contributed by atoms with Crippen LogP contribution in [0.4, 0.5) is 13.2 Å². The van der Waals surface area contributed by atoms with Crippen LogP contribution in [0.25, 0.3) is 11.3 Å². The molecule has 0 unspecified atom stereocenters. The van der Waals surface area contributed by atoms with Crippen molar-refractivity contribution >= 4 is 11.3 Å². The highest BCUT2D eigenvalue weighted by Gasteiger charge is 2.31. The molecule has 0 fully saturated rings. The summed E-state index contributed by atoms with van der Waals surface area (Å²) >= 11 is 0. The predicted octanol–water partition coefficient (Wildman–Crippen LogP) is 5.50. The van der Waals surface area contributed by atoms with Crippen LogP contribution in [0, 0.1) is 11.3 Å². The van der Waals surface area contributed by atoms with Crippen molar-refractivity contribution in [2.45, 2.75) is 40.8 Å². The van der Waals surface area contributed by atoms with E-state index in [1.165, 1.54) is 20.0 Å². The quantitative estimate of drug-likeness (QED) is 0.547. The van der Waals surface area contributed by atoms with Crippen LogP contribution in [0.3, 0.4) is 0 Å². The molecule has 6 heteroatoms. The second-order valence-electron chi connectivity index (χ2n) is 4.93. The SMILES string of the molecule is C=C(C)/C(=C\C)c1cc(/C(N)=C(/C)C#N)cc(C(F)(F)F)c1.CC.CN. The van der Waals surface area contributed by atoms with Gasteiger partial charge < -0.3 is 11.5 Å². The number of alkyl halides is 3. The number of rotatable bonds is 3. The summed E-state index contributed by atoms with van der Waals surface area (Å²) in [7, 11) is 1.50. The zero-order chi connectivity index (χ0) is 21.1. The van der Waals surface area contributed by atoms with Gasteiger partial charge in [-0.05, 0) is 62.7 Å². The molecular weight excluding hydrogens is 339 g/mol. The van der Waals surface area contributed by atoms with E-state index in [1.807, 2.05) is 19.9 Å². The highest BCUT2D eigenvalue weighted by atomic mass is 19.4. The van der Waals surface area contributed by atoms with Gasteiger partial charge in [-0.25, -0.2) is 0 Å². The number of nitrogens with two attached hydrogens (primary N) is 2. The van der Waals surface area contributed by atoms with E-state index in [2.05, 4.69) is 12.3 Å². The molecule has 0 aliphatic heterocycles. The van der Waals surface area contributed by atoms with Gasteiger partial charge in [-0.15, -0.1) is 0 Å². The fourth-order valence-corrected chi connectivity index (χ4v) is 2.04. The Balaban J connectivity index is 0. The summed E-state index contributed by atoms with van der Waals surface area (Å²) in [5.74, 6) is 0. The minimum atomic E-state index is -4.50. The molecule has 0 saturated carbocycles. The molecule has 0 aromatic heterocycles. The highest BCUT2D eigenvalue weighted by molar-refractivity contribution is 5.81. The van der Waals surface area contributed by atoms with Crippen molar-refractivity contribution in [3.63, 3.8) is 0 Å². The van der Waals surface area contributed by atoms with Gasteiger partial charge in [0.15, 0.2) is 0 Å². The first-order chi connectivity index (χ1) is 12.1. The van der Waals surface area contributed by atoms with Crippen LogP contribution in [-0.4, -0.2) is 7.05 Å². The third kappa shape index (κ3) is 7.16. The Labute approximate surface area is 154 Å². The number of allylic oxidation sites excluding steroid dienone is 4. The van der Waals surface area contributed by atoms with E-state index in [9.17, 15) is 13.2 Å². The molecule has 0 aliphatic rings. The zero-order valence-corrected chi connectivity index (χ0v) is 16.3. The predicted molar refractivity (Wildman–Crippen MR) is 104 cm³/mol. The van der Waals surface area contributed by atoms with Gasteiger partial charge in [0.25, 0.3) is 0 Å². The summed E-state index contributed by atoms with van der Waals surface area (Å²) in [5, 5.41) is 8.87. The lowest BCUT2D eigenvalue weighted by Gasteiger charge is -2.15. The summed E-state index contributed by atoms with van der Waals surface area (Å²) < 4.78 is 39.3. The Kier molecular flexibility index (Phi) is 11.8. The smallest absolute Gasteiger partial charge is 0.397 e. The third-order valence-corrected chi connectivity index (χ3v) is 3.20. The van der Waals surface area contributed by atoms with Gasteiger partial charge in [0.05, 0.1) is 17.3 Å². The lowest BCUT2D eigenvalue weighted by atomic mass is 9.94. The van der Waals surface area contributed by atoms with Crippen molar-refractivity contribution < 1.29 is 13.2 Å². The van der Waals surface area contributed by atoms with E-state index in [1.54, 1.807) is 19.9 Å².